The Morgan fingerprint density at radius 2 is 1.65 bits per heavy atom. The van der Waals surface area contributed by atoms with E-state index in [0.717, 1.165) is 16.3 Å². The summed E-state index contributed by atoms with van der Waals surface area (Å²) in [6.07, 6.45) is 2.61. The Bertz CT molecular complexity index is 1710. The van der Waals surface area contributed by atoms with E-state index in [0.29, 0.717) is 12.0 Å². The minimum atomic E-state index is -1.15. The number of piperazine rings is 1. The third kappa shape index (κ3) is 7.18. The summed E-state index contributed by atoms with van der Waals surface area (Å²) in [5.41, 5.74) is 1.23. The quantitative estimate of drug-likeness (QED) is 0.278. The molecular formula is C36H38N4O8. The van der Waals surface area contributed by atoms with E-state index >= 15 is 0 Å². The Morgan fingerprint density at radius 1 is 0.896 bits per heavy atom. The fourth-order valence-corrected chi connectivity index (χ4v) is 6.45. The van der Waals surface area contributed by atoms with Gasteiger partial charge in [-0.2, -0.15) is 0 Å². The highest BCUT2D eigenvalue weighted by Crippen LogP contribution is 2.26. The minimum absolute atomic E-state index is 0.0418. The minimum Gasteiger partial charge on any atom is -0.445 e. The fraction of sp³-hybridized carbons (Fsp3) is 0.361. The van der Waals surface area contributed by atoms with Crippen molar-refractivity contribution in [2.45, 2.75) is 63.3 Å². The number of nitrogens with one attached hydrogen (secondary N) is 2. The molecule has 2 unspecified atom stereocenters. The zero-order chi connectivity index (χ0) is 33.6. The molecule has 3 aromatic rings. The molecule has 3 aliphatic rings. The number of fused-ring (bicyclic) bond motifs is 2. The Hall–Kier alpha value is -5.23. The lowest BCUT2D eigenvalue weighted by Crippen LogP contribution is -2.68. The van der Waals surface area contributed by atoms with Crippen LogP contribution in [0.1, 0.15) is 42.1 Å². The van der Waals surface area contributed by atoms with Crippen LogP contribution in [0.25, 0.3) is 10.8 Å². The average molecular weight is 655 g/mol. The Labute approximate surface area is 278 Å². The van der Waals surface area contributed by atoms with Crippen LogP contribution >= 0.6 is 0 Å². The van der Waals surface area contributed by atoms with Gasteiger partial charge in [-0.1, -0.05) is 78.9 Å². The molecule has 6 rings (SSSR count). The van der Waals surface area contributed by atoms with Crippen LogP contribution in [-0.4, -0.2) is 89.7 Å². The van der Waals surface area contributed by atoms with Crippen LogP contribution in [0.3, 0.4) is 0 Å². The molecule has 3 aliphatic heterocycles. The average Bonchev–Trinajstić information content (AvgIpc) is 3.44. The van der Waals surface area contributed by atoms with Crippen molar-refractivity contribution in [2.24, 2.45) is 0 Å². The molecular weight excluding hydrogens is 616 g/mol. The molecule has 0 aliphatic carbocycles. The van der Waals surface area contributed by atoms with Crippen LogP contribution in [0.4, 0.5) is 4.79 Å². The van der Waals surface area contributed by atoms with Crippen molar-refractivity contribution >= 4 is 40.6 Å². The molecule has 4 amide bonds. The van der Waals surface area contributed by atoms with Crippen LogP contribution in [0.15, 0.2) is 84.9 Å². The van der Waals surface area contributed by atoms with Crippen molar-refractivity contribution in [1.29, 1.82) is 0 Å². The first kappa shape index (κ1) is 32.7. The van der Waals surface area contributed by atoms with E-state index in [2.05, 4.69) is 10.6 Å². The maximum Gasteiger partial charge on any atom is 0.410 e. The van der Waals surface area contributed by atoms with Gasteiger partial charge in [0.05, 0.1) is 19.0 Å². The number of nitrogens with zero attached hydrogens (tertiary/aromatic N) is 2. The molecule has 3 heterocycles. The van der Waals surface area contributed by atoms with Crippen LogP contribution < -0.4 is 10.6 Å². The molecule has 12 heteroatoms. The predicted molar refractivity (Wildman–Crippen MR) is 174 cm³/mol. The first-order chi connectivity index (χ1) is 23.3. The number of cyclic esters (lactones) is 1. The second kappa shape index (κ2) is 14.7. The topological polar surface area (TPSA) is 144 Å². The third-order valence-corrected chi connectivity index (χ3v) is 8.78. The number of rotatable bonds is 8. The smallest absolute Gasteiger partial charge is 0.410 e. The predicted octanol–water partition coefficient (Wildman–Crippen LogP) is 3.30. The van der Waals surface area contributed by atoms with E-state index in [4.69, 9.17) is 14.2 Å². The number of carbonyl (C=O) groups excluding carboxylic acids is 5. The van der Waals surface area contributed by atoms with Gasteiger partial charge in [-0.25, -0.2) is 4.79 Å². The largest absolute Gasteiger partial charge is 0.445 e. The molecule has 12 nitrogen and oxygen atoms in total. The van der Waals surface area contributed by atoms with Gasteiger partial charge in [-0.3, -0.25) is 19.2 Å². The van der Waals surface area contributed by atoms with Gasteiger partial charge in [0.25, 0.3) is 5.91 Å². The molecule has 0 spiro atoms. The molecule has 2 N–H and O–H groups in total. The number of benzene rings is 3. The molecule has 2 fully saturated rings. The van der Waals surface area contributed by atoms with Gasteiger partial charge in [0.15, 0.2) is 0 Å². The number of amides is 4. The van der Waals surface area contributed by atoms with E-state index < -0.39 is 60.2 Å². The summed E-state index contributed by atoms with van der Waals surface area (Å²) in [5.74, 6) is -1.96. The number of esters is 1. The number of hydrogen-bond acceptors (Lipinski definition) is 8. The summed E-state index contributed by atoms with van der Waals surface area (Å²) in [4.78, 5) is 70.4. The van der Waals surface area contributed by atoms with Crippen molar-refractivity contribution in [2.75, 3.05) is 19.7 Å². The molecule has 2 saturated heterocycles. The first-order valence-corrected chi connectivity index (χ1v) is 16.1. The zero-order valence-corrected chi connectivity index (χ0v) is 26.6. The van der Waals surface area contributed by atoms with E-state index in [9.17, 15) is 24.0 Å². The Balaban J connectivity index is 1.26. The van der Waals surface area contributed by atoms with Crippen LogP contribution in [0.2, 0.25) is 0 Å². The highest BCUT2D eigenvalue weighted by Gasteiger charge is 2.47. The second-order valence-corrected chi connectivity index (χ2v) is 12.0. The molecule has 0 radical (unpaired) electrons. The van der Waals surface area contributed by atoms with E-state index in [-0.39, 0.29) is 39.1 Å². The Morgan fingerprint density at radius 3 is 2.46 bits per heavy atom. The summed E-state index contributed by atoms with van der Waals surface area (Å²) >= 11 is 0. The van der Waals surface area contributed by atoms with Gasteiger partial charge in [0.2, 0.25) is 18.1 Å². The van der Waals surface area contributed by atoms with Gasteiger partial charge < -0.3 is 34.6 Å². The molecule has 0 aromatic heterocycles. The molecule has 250 valence electrons. The van der Waals surface area contributed by atoms with Gasteiger partial charge >= 0.3 is 12.1 Å². The van der Waals surface area contributed by atoms with Crippen molar-refractivity contribution in [1.82, 2.24) is 20.4 Å². The number of carbonyl (C=O) groups is 5. The van der Waals surface area contributed by atoms with E-state index in [1.54, 1.807) is 19.1 Å². The SMILES string of the molecule is CCOC1OC(=O)CC1NC(=O)[C@@H]1CN(C(=O)OCc2ccccc2)C[C@@H]2C/C=C\C[C@H](NC(=O)c3cccc4ccccc34)C(=O)N21. The van der Waals surface area contributed by atoms with Crippen molar-refractivity contribution in [3.8, 4) is 0 Å². The van der Waals surface area contributed by atoms with Gasteiger partial charge in [-0.15, -0.1) is 0 Å². The summed E-state index contributed by atoms with van der Waals surface area (Å²) in [6, 6.07) is 18.6. The van der Waals surface area contributed by atoms with Crippen molar-refractivity contribution in [3.05, 3.63) is 96.1 Å². The third-order valence-electron chi connectivity index (χ3n) is 8.78. The standard InChI is InChI=1S/C36H38N4O8/c1-2-46-35-29(19-31(41)48-35)38-33(43)30-21-39(36(45)47-22-23-11-4-3-5-12-23)20-25-15-7-9-18-28(34(44)40(25)30)37-32(42)27-17-10-14-24-13-6-8-16-26(24)27/h3-14,16-17,25,28-30,35H,2,15,18-22H2,1H3,(H,37,42)(H,38,43)/b9-7-/t25-,28-,29?,30-,35?/m0/s1. The molecule has 0 bridgehead atoms. The summed E-state index contributed by atoms with van der Waals surface area (Å²) in [7, 11) is 0. The maximum absolute atomic E-state index is 14.4. The fourth-order valence-electron chi connectivity index (χ4n) is 6.45. The van der Waals surface area contributed by atoms with Crippen molar-refractivity contribution < 1.29 is 38.2 Å². The van der Waals surface area contributed by atoms with E-state index in [1.165, 1.54) is 9.80 Å². The molecule has 48 heavy (non-hydrogen) atoms. The van der Waals surface area contributed by atoms with Crippen molar-refractivity contribution in [3.63, 3.8) is 0 Å². The van der Waals surface area contributed by atoms with Gasteiger partial charge in [0.1, 0.15) is 24.7 Å². The monoisotopic (exact) mass is 654 g/mol. The van der Waals surface area contributed by atoms with Crippen LogP contribution in [0.5, 0.6) is 0 Å². The lowest BCUT2D eigenvalue weighted by Gasteiger charge is -2.47. The normalized spacial score (nSPS) is 24.6. The lowest BCUT2D eigenvalue weighted by atomic mass is 9.96. The second-order valence-electron chi connectivity index (χ2n) is 12.0. The first-order valence-electron chi connectivity index (χ1n) is 16.1. The highest BCUT2D eigenvalue weighted by molar-refractivity contribution is 6.08. The number of ether oxygens (including phenoxy) is 3. The summed E-state index contributed by atoms with van der Waals surface area (Å²) in [5, 5.41) is 7.39. The number of hydrogen-bond donors (Lipinski definition) is 2. The summed E-state index contributed by atoms with van der Waals surface area (Å²) in [6.45, 7) is 2.00. The van der Waals surface area contributed by atoms with E-state index in [1.807, 2.05) is 72.8 Å². The zero-order valence-electron chi connectivity index (χ0n) is 26.6. The lowest BCUT2D eigenvalue weighted by molar-refractivity contribution is -0.165. The molecule has 0 saturated carbocycles. The summed E-state index contributed by atoms with van der Waals surface area (Å²) < 4.78 is 16.4. The highest BCUT2D eigenvalue weighted by atomic mass is 16.7. The maximum atomic E-state index is 14.4. The van der Waals surface area contributed by atoms with Gasteiger partial charge in [0, 0.05) is 18.7 Å². The van der Waals surface area contributed by atoms with Crippen LogP contribution in [-0.2, 0) is 35.2 Å². The van der Waals surface area contributed by atoms with Gasteiger partial charge in [-0.05, 0) is 42.2 Å². The molecule has 5 atom stereocenters. The Kier molecular flexibility index (Phi) is 10.0. The van der Waals surface area contributed by atoms with Crippen LogP contribution in [0, 0.1) is 0 Å². The molecule has 3 aromatic carbocycles.